The van der Waals surface area contributed by atoms with E-state index in [1.54, 1.807) is 11.3 Å². The second-order valence-electron chi connectivity index (χ2n) is 26.9. The smallest absolute Gasteiger partial charge is 0.179 e. The number of nitrogens with zero attached hydrogens (tertiary/aromatic N) is 9. The number of hydrogen-bond acceptors (Lipinski definition) is 10. The molecule has 0 spiro atoms. The van der Waals surface area contributed by atoms with E-state index in [9.17, 15) is 0 Å². The van der Waals surface area contributed by atoms with Crippen LogP contribution in [0.25, 0.3) is 138 Å². The third-order valence-electron chi connectivity index (χ3n) is 20.6. The average Bonchev–Trinajstić information content (AvgIpc) is 1.72. The molecule has 508 valence electrons. The summed E-state index contributed by atoms with van der Waals surface area (Å²) in [4.78, 5) is 29.4. The number of ether oxygens (including phenoxy) is 3. The standard InChI is InChI=1S/C37H26N2OSi.C31H18N4O.C26H15N3OS/c1-4-13-28(14-5-1)41(29-15-6-2-7-16-29,30-17-8-3-9-18-30)31-25-23-27(24-26-31)37-38-32-19-12-22-35-36(32)39(37)33-20-10-11-21-34(33)40-35;1-2-8-26-25(7-1)35-30-24(6-3-9-27(30)36-26)34-31(35)22-14-10-19(11-15-22)23-17-16-21-13-12-20-5-4-18-32-28(20)29(21)33-23;1-4-11-23-18(6-1)28-26(31-23)17-14-12-16(13-15-17)25-27-19-7-5-10-22-24(19)29(25)20-8-2-3-9-21(20)30-22/h1-26H;1-18H;1-15H. The van der Waals surface area contributed by atoms with Crippen LogP contribution in [-0.2, 0) is 0 Å². The van der Waals surface area contributed by atoms with E-state index in [4.69, 9.17) is 39.1 Å². The van der Waals surface area contributed by atoms with Crippen molar-refractivity contribution in [2.75, 3.05) is 0 Å². The zero-order valence-electron chi connectivity index (χ0n) is 57.7. The molecule has 0 bridgehead atoms. The van der Waals surface area contributed by atoms with Gasteiger partial charge in [0.2, 0.25) is 0 Å². The Bertz CT molecular complexity index is 6770. The number of thiazole rings is 1. The Balaban J connectivity index is 0.000000104. The number of benzene rings is 14. The Hall–Kier alpha value is -14.2. The molecule has 0 saturated carbocycles. The van der Waals surface area contributed by atoms with Crippen molar-refractivity contribution in [1.29, 1.82) is 0 Å². The molecule has 14 aromatic carbocycles. The normalized spacial score (nSPS) is 12.1. The molecule has 0 aliphatic carbocycles. The molecule has 108 heavy (non-hydrogen) atoms. The second-order valence-corrected chi connectivity index (χ2v) is 31.7. The largest absolute Gasteiger partial charge is 0.453 e. The molecule has 23 rings (SSSR count). The summed E-state index contributed by atoms with van der Waals surface area (Å²) in [6.07, 6.45) is 1.82. The summed E-state index contributed by atoms with van der Waals surface area (Å²) < 4.78 is 26.4. The summed E-state index contributed by atoms with van der Waals surface area (Å²) in [5, 5.41) is 8.63. The van der Waals surface area contributed by atoms with Gasteiger partial charge in [0, 0.05) is 44.8 Å². The predicted molar refractivity (Wildman–Crippen MR) is 438 cm³/mol. The van der Waals surface area contributed by atoms with Crippen molar-refractivity contribution in [3.63, 3.8) is 0 Å². The van der Waals surface area contributed by atoms with Gasteiger partial charge >= 0.3 is 0 Å². The van der Waals surface area contributed by atoms with Crippen LogP contribution in [0.1, 0.15) is 0 Å². The second kappa shape index (κ2) is 25.6. The number of aromatic nitrogens is 9. The molecule has 0 unspecified atom stereocenters. The van der Waals surface area contributed by atoms with Crippen molar-refractivity contribution >= 4 is 105 Å². The molecule has 14 heteroatoms. The van der Waals surface area contributed by atoms with Gasteiger partial charge in [0.1, 0.15) is 39.0 Å². The lowest BCUT2D eigenvalue weighted by atomic mass is 10.1. The first-order chi connectivity index (χ1) is 53.5. The van der Waals surface area contributed by atoms with Crippen LogP contribution < -0.4 is 35.0 Å². The molecule has 0 amide bonds. The highest BCUT2D eigenvalue weighted by Crippen LogP contribution is 2.47. The van der Waals surface area contributed by atoms with Crippen molar-refractivity contribution in [1.82, 2.24) is 43.6 Å². The van der Waals surface area contributed by atoms with Crippen LogP contribution in [0.3, 0.4) is 0 Å². The fourth-order valence-electron chi connectivity index (χ4n) is 15.7. The maximum atomic E-state index is 6.25. The molecule has 0 atom stereocenters. The van der Waals surface area contributed by atoms with Crippen LogP contribution in [0.2, 0.25) is 0 Å². The zero-order chi connectivity index (χ0) is 71.2. The fraction of sp³-hybridized carbons (Fsp3) is 0. The van der Waals surface area contributed by atoms with E-state index < -0.39 is 8.07 Å². The first kappa shape index (κ1) is 62.4. The minimum atomic E-state index is -2.58. The monoisotopic (exact) mass is 1420 g/mol. The van der Waals surface area contributed by atoms with Crippen LogP contribution in [0, 0.1) is 0 Å². The summed E-state index contributed by atoms with van der Waals surface area (Å²) in [5.74, 6) is 7.72. The minimum absolute atomic E-state index is 0.822. The lowest BCUT2D eigenvalue weighted by Gasteiger charge is -2.34. The molecule has 3 aliphatic rings. The van der Waals surface area contributed by atoms with Gasteiger partial charge in [-0.1, -0.05) is 255 Å². The highest BCUT2D eigenvalue weighted by molar-refractivity contribution is 7.21. The maximum Gasteiger partial charge on any atom is 0.179 e. The lowest BCUT2D eigenvalue weighted by molar-refractivity contribution is 0.475. The Labute approximate surface area is 624 Å². The van der Waals surface area contributed by atoms with Crippen molar-refractivity contribution in [3.8, 4) is 108 Å². The van der Waals surface area contributed by atoms with E-state index in [0.717, 1.165) is 168 Å². The summed E-state index contributed by atoms with van der Waals surface area (Å²) in [7, 11) is -2.58. The first-order valence-electron chi connectivity index (χ1n) is 35.9. The highest BCUT2D eigenvalue weighted by Gasteiger charge is 2.41. The number of rotatable bonds is 9. The fourth-order valence-corrected chi connectivity index (χ4v) is 21.4. The molecule has 9 heterocycles. The van der Waals surface area contributed by atoms with Gasteiger partial charge < -0.3 is 14.2 Å². The quantitative estimate of drug-likeness (QED) is 0.0790. The van der Waals surface area contributed by atoms with Crippen LogP contribution in [0.5, 0.6) is 34.5 Å². The summed E-state index contributed by atoms with van der Waals surface area (Å²) in [6.45, 7) is 0. The topological polar surface area (TPSA) is 120 Å². The zero-order valence-corrected chi connectivity index (χ0v) is 59.5. The van der Waals surface area contributed by atoms with Crippen LogP contribution in [-0.4, -0.2) is 51.7 Å². The number of imidazole rings is 3. The molecular formula is C94H59N9O3SSi. The Morgan fingerprint density at radius 2 is 0.630 bits per heavy atom. The van der Waals surface area contributed by atoms with Gasteiger partial charge in [-0.15, -0.1) is 11.3 Å². The lowest BCUT2D eigenvalue weighted by Crippen LogP contribution is -2.74. The predicted octanol–water partition coefficient (Wildman–Crippen LogP) is 20.8. The number of pyridine rings is 2. The van der Waals surface area contributed by atoms with Gasteiger partial charge in [-0.25, -0.2) is 24.9 Å². The molecule has 3 aliphatic heterocycles. The molecular weight excluding hydrogens is 1360 g/mol. The van der Waals surface area contributed by atoms with Gasteiger partial charge in [-0.2, -0.15) is 0 Å². The van der Waals surface area contributed by atoms with Crippen LogP contribution in [0.15, 0.2) is 358 Å². The molecule has 0 saturated heterocycles. The van der Waals surface area contributed by atoms with Crippen molar-refractivity contribution in [3.05, 3.63) is 358 Å². The molecule has 0 fully saturated rings. The summed E-state index contributed by atoms with van der Waals surface area (Å²) in [6, 6.07) is 122. The Morgan fingerprint density at radius 3 is 1.10 bits per heavy atom. The number of hydrogen-bond donors (Lipinski definition) is 0. The first-order valence-corrected chi connectivity index (χ1v) is 38.7. The van der Waals surface area contributed by atoms with Gasteiger partial charge in [-0.05, 0) is 118 Å². The SMILES string of the molecule is c1ccc([Si](c2ccccc2)(c2ccccc2)c2ccc(-c3nc4cccc5c4n3-c3ccccc3O5)cc2)cc1.c1ccc2c(c1)Oc1cccc3nc(-c4ccc(-c5ccc6ccc7cccnc7c6n5)cc4)n-2c13.c1ccc2c(c1)Oc1cccc3nc(-c4ccc(-c5nc6ccccc6s5)cc4)n-2c13. The van der Waals surface area contributed by atoms with Gasteiger partial charge in [0.05, 0.1) is 60.6 Å². The van der Waals surface area contributed by atoms with Crippen LogP contribution >= 0.6 is 11.3 Å². The molecule has 0 N–H and O–H groups in total. The molecule has 6 aromatic heterocycles. The third-order valence-corrected chi connectivity index (χ3v) is 26.5. The highest BCUT2D eigenvalue weighted by atomic mass is 32.1. The Morgan fingerprint density at radius 1 is 0.259 bits per heavy atom. The van der Waals surface area contributed by atoms with Gasteiger partial charge in [0.25, 0.3) is 0 Å². The average molecular weight is 1420 g/mol. The maximum absolute atomic E-state index is 6.25. The van der Waals surface area contributed by atoms with Crippen molar-refractivity contribution in [2.24, 2.45) is 0 Å². The van der Waals surface area contributed by atoms with E-state index in [1.807, 2.05) is 121 Å². The van der Waals surface area contributed by atoms with E-state index in [0.29, 0.717) is 0 Å². The van der Waals surface area contributed by atoms with E-state index in [1.165, 1.54) is 25.4 Å². The van der Waals surface area contributed by atoms with E-state index >= 15 is 0 Å². The van der Waals surface area contributed by atoms with Crippen molar-refractivity contribution < 1.29 is 14.2 Å². The van der Waals surface area contributed by atoms with E-state index in [2.05, 4.69) is 255 Å². The van der Waals surface area contributed by atoms with Gasteiger partial charge in [0.15, 0.2) is 42.6 Å². The summed E-state index contributed by atoms with van der Waals surface area (Å²) in [5.41, 5.74) is 17.9. The minimum Gasteiger partial charge on any atom is -0.453 e. The molecule has 20 aromatic rings. The van der Waals surface area contributed by atoms with Crippen molar-refractivity contribution in [2.45, 2.75) is 0 Å². The van der Waals surface area contributed by atoms with E-state index in [-0.39, 0.29) is 0 Å². The third kappa shape index (κ3) is 10.3. The summed E-state index contributed by atoms with van der Waals surface area (Å²) >= 11 is 1.72. The molecule has 0 radical (unpaired) electrons. The van der Waals surface area contributed by atoms with Crippen LogP contribution in [0.4, 0.5) is 0 Å². The van der Waals surface area contributed by atoms with Gasteiger partial charge in [-0.3, -0.25) is 18.7 Å². The molecule has 12 nitrogen and oxygen atoms in total. The number of fused-ring (bicyclic) bond motifs is 10. The Kier molecular flexibility index (Phi) is 14.8. The number of para-hydroxylation sites is 10.